The normalized spacial score (nSPS) is 17.2. The lowest BCUT2D eigenvalue weighted by Crippen LogP contribution is -2.50. The molecule has 1 saturated heterocycles. The Bertz CT molecular complexity index is 605. The lowest BCUT2D eigenvalue weighted by Gasteiger charge is -2.33. The smallest absolute Gasteiger partial charge is 0.254 e. The number of rotatable bonds is 2. The molecule has 6 nitrogen and oxygen atoms in total. The number of pyridine rings is 1. The summed E-state index contributed by atoms with van der Waals surface area (Å²) in [5, 5.41) is 0.281. The monoisotopic (exact) mass is 317 g/mol. The summed E-state index contributed by atoms with van der Waals surface area (Å²) in [7, 11) is -3.19. The molecular weight excluding hydrogens is 302 g/mol. The minimum absolute atomic E-state index is 0.148. The third-order valence-corrected chi connectivity index (χ3v) is 4.66. The van der Waals surface area contributed by atoms with Crippen molar-refractivity contribution in [3.63, 3.8) is 0 Å². The van der Waals surface area contributed by atoms with Crippen LogP contribution in [0.5, 0.6) is 0 Å². The van der Waals surface area contributed by atoms with Gasteiger partial charge in [0.2, 0.25) is 10.0 Å². The molecule has 0 bridgehead atoms. The van der Waals surface area contributed by atoms with Crippen molar-refractivity contribution in [2.75, 3.05) is 32.4 Å². The molecule has 8 heteroatoms. The second-order valence-electron chi connectivity index (χ2n) is 4.77. The van der Waals surface area contributed by atoms with Crippen LogP contribution < -0.4 is 0 Å². The molecule has 0 saturated carbocycles. The quantitative estimate of drug-likeness (QED) is 0.755. The van der Waals surface area contributed by atoms with Gasteiger partial charge in [0.25, 0.3) is 5.91 Å². The van der Waals surface area contributed by atoms with Crippen molar-refractivity contribution in [2.24, 2.45) is 0 Å². The second-order valence-corrected chi connectivity index (χ2v) is 7.14. The molecule has 2 rings (SSSR count). The highest BCUT2D eigenvalue weighted by molar-refractivity contribution is 7.88. The molecule has 0 radical (unpaired) electrons. The molecule has 2 heterocycles. The molecular formula is C12H16ClN3O3S. The van der Waals surface area contributed by atoms with E-state index in [0.717, 1.165) is 0 Å². The summed E-state index contributed by atoms with van der Waals surface area (Å²) in [6.45, 7) is 3.17. The fraction of sp³-hybridized carbons (Fsp3) is 0.500. The number of hydrogen-bond acceptors (Lipinski definition) is 4. The van der Waals surface area contributed by atoms with Crippen molar-refractivity contribution >= 4 is 27.5 Å². The number of amides is 1. The molecule has 1 aromatic rings. The number of aromatic nitrogens is 1. The van der Waals surface area contributed by atoms with Crippen LogP contribution >= 0.6 is 11.6 Å². The number of halogens is 1. The SMILES string of the molecule is Cc1cc(C(=O)N2CCN(S(C)(=O)=O)CC2)cc(Cl)n1. The Kier molecular flexibility index (Phi) is 4.31. The van der Waals surface area contributed by atoms with Crippen molar-refractivity contribution in [1.29, 1.82) is 0 Å². The third-order valence-electron chi connectivity index (χ3n) is 3.16. The third kappa shape index (κ3) is 3.47. The topological polar surface area (TPSA) is 70.6 Å². The molecule has 0 aliphatic carbocycles. The number of piperazine rings is 1. The van der Waals surface area contributed by atoms with Crippen LogP contribution in [-0.2, 0) is 10.0 Å². The van der Waals surface area contributed by atoms with Gasteiger partial charge in [-0.1, -0.05) is 11.6 Å². The number of nitrogens with zero attached hydrogens (tertiary/aromatic N) is 3. The zero-order valence-corrected chi connectivity index (χ0v) is 12.9. The average Bonchev–Trinajstić information content (AvgIpc) is 2.36. The zero-order chi connectivity index (χ0) is 14.9. The predicted octanol–water partition coefficient (Wildman–Crippen LogP) is 0.761. The van der Waals surface area contributed by atoms with Crippen molar-refractivity contribution in [2.45, 2.75) is 6.92 Å². The first-order valence-corrected chi connectivity index (χ1v) is 8.38. The summed E-state index contributed by atoms with van der Waals surface area (Å²) in [4.78, 5) is 18.0. The first-order valence-electron chi connectivity index (χ1n) is 6.16. The van der Waals surface area contributed by atoms with Crippen molar-refractivity contribution < 1.29 is 13.2 Å². The van der Waals surface area contributed by atoms with E-state index < -0.39 is 10.0 Å². The number of carbonyl (C=O) groups excluding carboxylic acids is 1. The van der Waals surface area contributed by atoms with Crippen LogP contribution in [0.2, 0.25) is 5.15 Å². The van der Waals surface area contributed by atoms with E-state index in [-0.39, 0.29) is 11.1 Å². The van der Waals surface area contributed by atoms with E-state index in [2.05, 4.69) is 4.98 Å². The summed E-state index contributed by atoms with van der Waals surface area (Å²) >= 11 is 5.85. The van der Waals surface area contributed by atoms with Crippen LogP contribution in [-0.4, -0.2) is 60.9 Å². The minimum Gasteiger partial charge on any atom is -0.336 e. The first-order chi connectivity index (χ1) is 9.27. The Morgan fingerprint density at radius 1 is 1.25 bits per heavy atom. The van der Waals surface area contributed by atoms with Crippen molar-refractivity contribution in [1.82, 2.24) is 14.2 Å². The second kappa shape index (κ2) is 5.67. The summed E-state index contributed by atoms with van der Waals surface area (Å²) in [5.74, 6) is -0.148. The lowest BCUT2D eigenvalue weighted by atomic mass is 10.2. The summed E-state index contributed by atoms with van der Waals surface area (Å²) < 4.78 is 24.2. The average molecular weight is 318 g/mol. The Hall–Kier alpha value is -1.18. The molecule has 0 atom stereocenters. The lowest BCUT2D eigenvalue weighted by molar-refractivity contribution is 0.0698. The molecule has 0 aromatic carbocycles. The Morgan fingerprint density at radius 3 is 2.35 bits per heavy atom. The molecule has 1 amide bonds. The Morgan fingerprint density at radius 2 is 1.85 bits per heavy atom. The van der Waals surface area contributed by atoms with Gasteiger partial charge in [-0.2, -0.15) is 4.31 Å². The van der Waals surface area contributed by atoms with Gasteiger partial charge in [-0.15, -0.1) is 0 Å². The van der Waals surface area contributed by atoms with Gasteiger partial charge in [0.05, 0.1) is 6.26 Å². The van der Waals surface area contributed by atoms with E-state index >= 15 is 0 Å². The molecule has 0 N–H and O–H groups in total. The maximum absolute atomic E-state index is 12.3. The van der Waals surface area contributed by atoms with E-state index in [1.54, 1.807) is 17.9 Å². The first kappa shape index (κ1) is 15.2. The van der Waals surface area contributed by atoms with Crippen molar-refractivity contribution in [3.8, 4) is 0 Å². The molecule has 1 aliphatic heterocycles. The maximum Gasteiger partial charge on any atom is 0.254 e. The summed E-state index contributed by atoms with van der Waals surface area (Å²) in [5.41, 5.74) is 1.16. The maximum atomic E-state index is 12.3. The van der Waals surface area contributed by atoms with Crippen LogP contribution in [0.4, 0.5) is 0 Å². The molecule has 0 unspecified atom stereocenters. The van der Waals surface area contributed by atoms with E-state index in [4.69, 9.17) is 11.6 Å². The highest BCUT2D eigenvalue weighted by Gasteiger charge is 2.26. The zero-order valence-electron chi connectivity index (χ0n) is 11.3. The molecule has 0 spiro atoms. The van der Waals surface area contributed by atoms with E-state index in [9.17, 15) is 13.2 Å². The summed E-state index contributed by atoms with van der Waals surface area (Å²) in [6.07, 6.45) is 1.18. The van der Waals surface area contributed by atoms with Crippen LogP contribution in [0.25, 0.3) is 0 Å². The van der Waals surface area contributed by atoms with Crippen LogP contribution in [0.3, 0.4) is 0 Å². The number of hydrogen-bond donors (Lipinski definition) is 0. The Labute approximate surface area is 123 Å². The van der Waals surface area contributed by atoms with Gasteiger partial charge in [-0.05, 0) is 19.1 Å². The highest BCUT2D eigenvalue weighted by atomic mass is 35.5. The molecule has 20 heavy (non-hydrogen) atoms. The minimum atomic E-state index is -3.19. The van der Waals surface area contributed by atoms with Gasteiger partial charge in [-0.3, -0.25) is 4.79 Å². The largest absolute Gasteiger partial charge is 0.336 e. The summed E-state index contributed by atoms with van der Waals surface area (Å²) in [6, 6.07) is 3.21. The predicted molar refractivity (Wildman–Crippen MR) is 76.3 cm³/mol. The fourth-order valence-corrected chi connectivity index (χ4v) is 3.23. The number of carbonyl (C=O) groups is 1. The van der Waals surface area contributed by atoms with Gasteiger partial charge in [0, 0.05) is 37.4 Å². The van der Waals surface area contributed by atoms with Crippen LogP contribution in [0.1, 0.15) is 16.1 Å². The van der Waals surface area contributed by atoms with Gasteiger partial charge in [0.15, 0.2) is 0 Å². The van der Waals surface area contributed by atoms with E-state index in [1.807, 2.05) is 0 Å². The van der Waals surface area contributed by atoms with Gasteiger partial charge < -0.3 is 4.90 Å². The Balaban J connectivity index is 2.09. The molecule has 1 aliphatic rings. The molecule has 1 fully saturated rings. The fourth-order valence-electron chi connectivity index (χ4n) is 2.16. The molecule has 1 aromatic heterocycles. The van der Waals surface area contributed by atoms with E-state index in [1.165, 1.54) is 16.6 Å². The van der Waals surface area contributed by atoms with Gasteiger partial charge in [-0.25, -0.2) is 13.4 Å². The van der Waals surface area contributed by atoms with Gasteiger partial charge in [0.1, 0.15) is 5.15 Å². The molecule has 110 valence electrons. The number of sulfonamides is 1. The number of aryl methyl sites for hydroxylation is 1. The van der Waals surface area contributed by atoms with Crippen LogP contribution in [0.15, 0.2) is 12.1 Å². The van der Waals surface area contributed by atoms with Crippen LogP contribution in [0, 0.1) is 6.92 Å². The van der Waals surface area contributed by atoms with Gasteiger partial charge >= 0.3 is 0 Å². The van der Waals surface area contributed by atoms with Crippen molar-refractivity contribution in [3.05, 3.63) is 28.5 Å². The standard InChI is InChI=1S/C12H16ClN3O3S/c1-9-7-10(8-11(13)14-9)12(17)15-3-5-16(6-4-15)20(2,18)19/h7-8H,3-6H2,1-2H3. The highest BCUT2D eigenvalue weighted by Crippen LogP contribution is 2.14. The van der Waals surface area contributed by atoms with E-state index in [0.29, 0.717) is 37.4 Å².